The lowest BCUT2D eigenvalue weighted by Gasteiger charge is -2.25. The van der Waals surface area contributed by atoms with E-state index in [0.29, 0.717) is 24.3 Å². The van der Waals surface area contributed by atoms with Crippen molar-refractivity contribution in [3.63, 3.8) is 0 Å². The molecule has 2 aromatic carbocycles. The summed E-state index contributed by atoms with van der Waals surface area (Å²) in [4.78, 5) is 58.3. The number of hydrogen-bond acceptors (Lipinski definition) is 9. The molecule has 2 atom stereocenters. The number of fused-ring (bicyclic) bond motifs is 3. The number of likely N-dealkylation sites (tertiary alicyclic amines) is 1. The summed E-state index contributed by atoms with van der Waals surface area (Å²) in [5.74, 6) is -2.84. The van der Waals surface area contributed by atoms with Gasteiger partial charge in [0.15, 0.2) is 11.6 Å². The highest BCUT2D eigenvalue weighted by Crippen LogP contribution is 2.48. The van der Waals surface area contributed by atoms with E-state index >= 15 is 0 Å². The van der Waals surface area contributed by atoms with Gasteiger partial charge in [0.1, 0.15) is 6.04 Å². The smallest absolute Gasteiger partial charge is 0.332 e. The second kappa shape index (κ2) is 12.5. The number of amides is 3. The minimum absolute atomic E-state index is 0.0295. The lowest BCUT2D eigenvalue weighted by molar-refractivity contribution is -0.152. The van der Waals surface area contributed by atoms with Crippen LogP contribution in [0.4, 0.5) is 0 Å². The first-order chi connectivity index (χ1) is 22.4. The van der Waals surface area contributed by atoms with Gasteiger partial charge in [-0.1, -0.05) is 49.3 Å². The number of ether oxygens (including phenoxy) is 2. The van der Waals surface area contributed by atoms with E-state index in [-0.39, 0.29) is 42.6 Å². The molecule has 2 aliphatic heterocycles. The van der Waals surface area contributed by atoms with E-state index in [1.165, 1.54) is 28.7 Å². The molecule has 0 unspecified atom stereocenters. The molecule has 3 aliphatic rings. The van der Waals surface area contributed by atoms with Crippen LogP contribution in [0.15, 0.2) is 59.1 Å². The van der Waals surface area contributed by atoms with Crippen LogP contribution in [0.5, 0.6) is 0 Å². The van der Waals surface area contributed by atoms with Gasteiger partial charge in [-0.15, -0.1) is 11.3 Å². The molecule has 47 heavy (non-hydrogen) atoms. The van der Waals surface area contributed by atoms with Crippen molar-refractivity contribution < 1.29 is 33.5 Å². The van der Waals surface area contributed by atoms with Crippen molar-refractivity contribution >= 4 is 40.9 Å². The molecule has 3 amide bonds. The molecule has 0 bridgehead atoms. The largest absolute Gasteiger partial charge is 0.380 e. The van der Waals surface area contributed by atoms with Crippen LogP contribution >= 0.6 is 11.3 Å². The van der Waals surface area contributed by atoms with E-state index in [1.54, 1.807) is 17.5 Å². The summed E-state index contributed by atoms with van der Waals surface area (Å²) in [5.41, 5.74) is 11.2. The molecule has 1 aromatic heterocycles. The second-order valence-electron chi connectivity index (χ2n) is 12.5. The number of carbonyl (C=O) groups excluding carboxylic acids is 4. The van der Waals surface area contributed by atoms with Gasteiger partial charge in [0.2, 0.25) is 11.8 Å². The summed E-state index contributed by atoms with van der Waals surface area (Å²) < 4.78 is 11.7. The molecule has 6 rings (SSSR count). The maximum absolute atomic E-state index is 13.6. The number of oxime groups is 1. The summed E-state index contributed by atoms with van der Waals surface area (Å²) in [6, 6.07) is 14.2. The summed E-state index contributed by atoms with van der Waals surface area (Å²) in [5, 5.41) is 11.1. The van der Waals surface area contributed by atoms with Gasteiger partial charge in [-0.05, 0) is 47.4 Å². The molecule has 2 fully saturated rings. The predicted octanol–water partition coefficient (Wildman–Crippen LogP) is 3.19. The van der Waals surface area contributed by atoms with Crippen LogP contribution in [0, 0.1) is 0 Å². The van der Waals surface area contributed by atoms with Crippen molar-refractivity contribution in [2.45, 2.75) is 57.4 Å². The number of nitrogens with one attached hydrogen (secondary N) is 2. The first-order valence-electron chi connectivity index (χ1n) is 15.4. The van der Waals surface area contributed by atoms with Crippen molar-refractivity contribution in [1.29, 1.82) is 0 Å². The Morgan fingerprint density at radius 1 is 1.06 bits per heavy atom. The zero-order valence-corrected chi connectivity index (χ0v) is 27.4. The number of amidine groups is 1. The molecule has 3 aromatic rings. The highest BCUT2D eigenvalue weighted by atomic mass is 32.1. The molecule has 12 nitrogen and oxygen atoms in total. The molecule has 1 spiro atoms. The van der Waals surface area contributed by atoms with Crippen molar-refractivity contribution in [1.82, 2.24) is 15.5 Å². The average Bonchev–Trinajstić information content (AvgIpc) is 3.85. The molecule has 1 aliphatic carbocycles. The van der Waals surface area contributed by atoms with E-state index in [1.807, 2.05) is 31.2 Å². The van der Waals surface area contributed by atoms with Gasteiger partial charge in [0, 0.05) is 40.1 Å². The molecule has 0 radical (unpaired) electrons. The van der Waals surface area contributed by atoms with Crippen LogP contribution in [0.1, 0.15) is 72.1 Å². The van der Waals surface area contributed by atoms with E-state index in [4.69, 9.17) is 15.2 Å². The van der Waals surface area contributed by atoms with Crippen LogP contribution in [0.25, 0.3) is 11.1 Å². The molecule has 4 N–H and O–H groups in total. The number of rotatable bonds is 8. The number of carbonyl (C=O) groups is 4. The third kappa shape index (κ3) is 6.25. The maximum Gasteiger partial charge on any atom is 0.332 e. The van der Waals surface area contributed by atoms with Gasteiger partial charge in [0.25, 0.3) is 5.91 Å². The second-order valence-corrected chi connectivity index (χ2v) is 13.4. The zero-order chi connectivity index (χ0) is 33.5. The Bertz CT molecular complexity index is 1780. The van der Waals surface area contributed by atoms with Crippen LogP contribution < -0.4 is 16.4 Å². The Balaban J connectivity index is 1.13. The van der Waals surface area contributed by atoms with Gasteiger partial charge in [0.05, 0.1) is 32.3 Å². The summed E-state index contributed by atoms with van der Waals surface area (Å²) in [6.45, 7) is 7.84. The van der Waals surface area contributed by atoms with Gasteiger partial charge in [-0.3, -0.25) is 14.4 Å². The minimum Gasteiger partial charge on any atom is -0.380 e. The normalized spacial score (nSPS) is 19.6. The third-order valence-corrected chi connectivity index (χ3v) is 10.1. The number of hydrogen-bond donors (Lipinski definition) is 3. The molecule has 246 valence electrons. The van der Waals surface area contributed by atoms with Crippen LogP contribution in [-0.2, 0) is 34.1 Å². The van der Waals surface area contributed by atoms with Gasteiger partial charge in [-0.25, -0.2) is 4.79 Å². The quantitative estimate of drug-likeness (QED) is 0.144. The molecule has 0 saturated carbocycles. The van der Waals surface area contributed by atoms with Gasteiger partial charge >= 0.3 is 5.97 Å². The number of nitrogens with two attached hydrogens (primary N) is 1. The number of nitrogens with zero attached hydrogens (tertiary/aromatic N) is 2. The molecule has 2 saturated heterocycles. The van der Waals surface area contributed by atoms with E-state index in [2.05, 4.69) is 46.6 Å². The van der Waals surface area contributed by atoms with E-state index in [9.17, 15) is 19.2 Å². The fourth-order valence-electron chi connectivity index (χ4n) is 6.52. The fourth-order valence-corrected chi connectivity index (χ4v) is 7.43. The van der Waals surface area contributed by atoms with Gasteiger partial charge < -0.3 is 35.6 Å². The standard InChI is InChI=1S/C34H37N5O7S/c1-19(28-14-22(17-47-28)30(35)38-46-20(2)40)37-32(43)27-15-34(44-11-12-45-34)18-39(27)29(41)16-36-31(42)21-9-10-26-24(13-21)23-7-5-6-8-25(23)33(26,3)4/h5-10,13-14,17,19,27H,11-12,15-16,18H2,1-4H3,(H2,35,38)(H,36,42)(H,37,43)/t19-,27+/m1/s1. The Morgan fingerprint density at radius 2 is 1.79 bits per heavy atom. The van der Waals surface area contributed by atoms with E-state index in [0.717, 1.165) is 21.6 Å². The number of thiophene rings is 1. The van der Waals surface area contributed by atoms with Gasteiger partial charge in [-0.2, -0.15) is 0 Å². The molecule has 3 heterocycles. The summed E-state index contributed by atoms with van der Waals surface area (Å²) >= 11 is 1.35. The average molecular weight is 660 g/mol. The van der Waals surface area contributed by atoms with Crippen molar-refractivity contribution in [2.24, 2.45) is 10.9 Å². The Morgan fingerprint density at radius 3 is 2.53 bits per heavy atom. The van der Waals surface area contributed by atoms with Crippen LogP contribution in [0.2, 0.25) is 0 Å². The highest BCUT2D eigenvalue weighted by Gasteiger charge is 2.52. The Hall–Kier alpha value is -4.59. The highest BCUT2D eigenvalue weighted by molar-refractivity contribution is 7.10. The molecule has 13 heteroatoms. The fraction of sp³-hybridized carbons (Fsp3) is 0.382. The van der Waals surface area contributed by atoms with Crippen molar-refractivity contribution in [2.75, 3.05) is 26.3 Å². The predicted molar refractivity (Wildman–Crippen MR) is 174 cm³/mol. The molecular weight excluding hydrogens is 622 g/mol. The van der Waals surface area contributed by atoms with Crippen LogP contribution in [-0.4, -0.2) is 72.6 Å². The summed E-state index contributed by atoms with van der Waals surface area (Å²) in [7, 11) is 0. The lowest BCUT2D eigenvalue weighted by atomic mass is 9.82. The number of benzene rings is 2. The SMILES string of the molecule is CC(=O)ON=C(N)c1csc([C@@H](C)NC(=O)[C@@H]2CC3(CN2C(=O)CNC(=O)c2ccc4c(c2)-c2ccccc2C4(C)C)OCCO3)c1. The topological polar surface area (TPSA) is 162 Å². The minimum atomic E-state index is -1.08. The monoisotopic (exact) mass is 659 g/mol. The van der Waals surface area contributed by atoms with Crippen LogP contribution in [0.3, 0.4) is 0 Å². The molecular formula is C34H37N5O7S. The van der Waals surface area contributed by atoms with E-state index < -0.39 is 29.7 Å². The maximum atomic E-state index is 13.6. The van der Waals surface area contributed by atoms with Crippen molar-refractivity contribution in [3.8, 4) is 11.1 Å². The Kier molecular flexibility index (Phi) is 8.64. The first-order valence-corrected chi connectivity index (χ1v) is 16.3. The lowest BCUT2D eigenvalue weighted by Crippen LogP contribution is -2.49. The summed E-state index contributed by atoms with van der Waals surface area (Å²) in [6.07, 6.45) is 0.156. The zero-order valence-electron chi connectivity index (χ0n) is 26.6. The Labute approximate surface area is 276 Å². The van der Waals surface area contributed by atoms with Crippen molar-refractivity contribution in [3.05, 3.63) is 81.0 Å². The third-order valence-electron chi connectivity index (χ3n) is 8.95. The first kappa shape index (κ1) is 32.4.